The smallest absolute Gasteiger partial charge is 0.389 e. The van der Waals surface area contributed by atoms with E-state index in [1.165, 1.54) is 24.1 Å². The molecule has 1 fully saturated rings. The van der Waals surface area contributed by atoms with Crippen LogP contribution in [0.5, 0.6) is 5.75 Å². The second-order valence-corrected chi connectivity index (χ2v) is 11.7. The van der Waals surface area contributed by atoms with Crippen molar-refractivity contribution in [2.24, 2.45) is 5.92 Å². The predicted octanol–water partition coefficient (Wildman–Crippen LogP) is 4.28. The van der Waals surface area contributed by atoms with Crippen molar-refractivity contribution in [2.75, 3.05) is 19.9 Å². The maximum Gasteiger partial charge on any atom is 0.389 e. The molecule has 1 aliphatic carbocycles. The molecule has 1 aromatic carbocycles. The van der Waals surface area contributed by atoms with E-state index in [-0.39, 0.29) is 34.6 Å². The number of aromatic nitrogens is 2. The molecule has 1 amide bonds. The maximum absolute atomic E-state index is 13.0. The molecular weight excluding hydrogens is 509 g/mol. The van der Waals surface area contributed by atoms with Crippen LogP contribution in [0.3, 0.4) is 0 Å². The number of nitriles is 1. The van der Waals surface area contributed by atoms with E-state index in [2.05, 4.69) is 16.5 Å². The average molecular weight is 541 g/mol. The third-order valence-electron chi connectivity index (χ3n) is 6.75. The Hall–Kier alpha value is -3.07. The van der Waals surface area contributed by atoms with E-state index in [1.54, 1.807) is 19.1 Å². The fourth-order valence-electron chi connectivity index (χ4n) is 4.69. The lowest BCUT2D eigenvalue weighted by atomic mass is 9.89. The Morgan fingerprint density at radius 2 is 1.95 bits per heavy atom. The molecule has 2 aromatic rings. The van der Waals surface area contributed by atoms with E-state index in [1.807, 2.05) is 0 Å². The van der Waals surface area contributed by atoms with Gasteiger partial charge < -0.3 is 10.1 Å². The lowest BCUT2D eigenvalue weighted by Crippen LogP contribution is -2.34. The number of nitrogens with one attached hydrogen (secondary N) is 1. The average Bonchev–Trinajstić information content (AvgIpc) is 3.23. The zero-order valence-electron chi connectivity index (χ0n) is 21.1. The molecule has 0 spiro atoms. The molecule has 1 N–H and O–H groups in total. The van der Waals surface area contributed by atoms with Gasteiger partial charge in [-0.15, -0.1) is 0 Å². The number of methoxy groups -OCH3 is 1. The highest BCUT2D eigenvalue weighted by Crippen LogP contribution is 2.35. The Balaban J connectivity index is 1.81. The monoisotopic (exact) mass is 540 g/mol. The summed E-state index contributed by atoms with van der Waals surface area (Å²) in [5, 5.41) is 16.8. The van der Waals surface area contributed by atoms with Gasteiger partial charge in [-0.05, 0) is 62.6 Å². The molecule has 0 bridgehead atoms. The van der Waals surface area contributed by atoms with Crippen molar-refractivity contribution >= 4 is 15.7 Å². The van der Waals surface area contributed by atoms with Crippen LogP contribution in [0.2, 0.25) is 0 Å². The molecule has 0 saturated heterocycles. The SMILES string of the molecule is CCn1nc(C(=O)NC[C@H]2CC[C@H](S(C)(=O)=O)CC2)c(C#N)c1-c1ccc(CCC(F)(F)F)cc1OC. The molecular formula is C25H31F3N4O4S. The van der Waals surface area contributed by atoms with Crippen LogP contribution < -0.4 is 10.1 Å². The zero-order chi connectivity index (χ0) is 27.4. The number of carbonyl (C=O) groups excluding carboxylic acids is 1. The van der Waals surface area contributed by atoms with Gasteiger partial charge in [0.15, 0.2) is 5.69 Å². The molecule has 0 atom stereocenters. The summed E-state index contributed by atoms with van der Waals surface area (Å²) in [4.78, 5) is 13.0. The van der Waals surface area contributed by atoms with Crippen molar-refractivity contribution in [3.8, 4) is 23.1 Å². The number of nitrogens with zero attached hydrogens (tertiary/aromatic N) is 3. The molecule has 37 heavy (non-hydrogen) atoms. The van der Waals surface area contributed by atoms with Gasteiger partial charge in [0.05, 0.1) is 18.1 Å². The van der Waals surface area contributed by atoms with Crippen LogP contribution in [0.15, 0.2) is 18.2 Å². The second-order valence-electron chi connectivity index (χ2n) is 9.33. The molecule has 1 aromatic heterocycles. The summed E-state index contributed by atoms with van der Waals surface area (Å²) in [6, 6.07) is 6.68. The third-order valence-corrected chi connectivity index (χ3v) is 8.43. The first-order valence-corrected chi connectivity index (χ1v) is 14.0. The number of ether oxygens (including phenoxy) is 1. The quantitative estimate of drug-likeness (QED) is 0.508. The number of amides is 1. The molecule has 0 aliphatic heterocycles. The first-order chi connectivity index (χ1) is 17.4. The van der Waals surface area contributed by atoms with Gasteiger partial charge in [-0.1, -0.05) is 6.07 Å². The van der Waals surface area contributed by atoms with Crippen molar-refractivity contribution in [1.29, 1.82) is 5.26 Å². The van der Waals surface area contributed by atoms with Gasteiger partial charge in [-0.2, -0.15) is 23.5 Å². The number of rotatable bonds is 9. The van der Waals surface area contributed by atoms with Gasteiger partial charge in [-0.25, -0.2) is 8.42 Å². The Kier molecular flexibility index (Phi) is 8.89. The normalized spacial score (nSPS) is 18.3. The first kappa shape index (κ1) is 28.5. The van der Waals surface area contributed by atoms with Gasteiger partial charge in [0, 0.05) is 31.3 Å². The van der Waals surface area contributed by atoms with Crippen LogP contribution in [0, 0.1) is 17.2 Å². The first-order valence-electron chi connectivity index (χ1n) is 12.1. The maximum atomic E-state index is 13.0. The van der Waals surface area contributed by atoms with Crippen molar-refractivity contribution in [1.82, 2.24) is 15.1 Å². The highest BCUT2D eigenvalue weighted by Gasteiger charge is 2.30. The van der Waals surface area contributed by atoms with Crippen LogP contribution in [0.25, 0.3) is 11.3 Å². The highest BCUT2D eigenvalue weighted by molar-refractivity contribution is 7.91. The molecule has 0 unspecified atom stereocenters. The number of aryl methyl sites for hydroxylation is 2. The standard InChI is InChI=1S/C25H31F3N4O4S/c1-4-32-23(19-10-7-16(13-21(19)36-2)11-12-25(26,27)28)20(14-29)22(31-32)24(33)30-15-17-5-8-18(9-6-17)37(3,34)35/h7,10,13,17-18H,4-6,8-9,11-12,15H2,1-3H3,(H,30,33)/t17-,18-. The molecule has 8 nitrogen and oxygen atoms in total. The summed E-state index contributed by atoms with van der Waals surface area (Å²) in [5.74, 6) is -0.110. The minimum Gasteiger partial charge on any atom is -0.496 e. The lowest BCUT2D eigenvalue weighted by molar-refractivity contribution is -0.134. The van der Waals surface area contributed by atoms with Crippen LogP contribution in [0.1, 0.15) is 60.6 Å². The minimum atomic E-state index is -4.28. The number of hydrogen-bond donors (Lipinski definition) is 1. The highest BCUT2D eigenvalue weighted by atomic mass is 32.2. The van der Waals surface area contributed by atoms with Crippen molar-refractivity contribution < 1.29 is 31.1 Å². The lowest BCUT2D eigenvalue weighted by Gasteiger charge is -2.27. The topological polar surface area (TPSA) is 114 Å². The number of hydrogen-bond acceptors (Lipinski definition) is 6. The Bertz CT molecular complexity index is 1270. The summed E-state index contributed by atoms with van der Waals surface area (Å²) in [7, 11) is -1.69. The number of carbonyl (C=O) groups is 1. The fraction of sp³-hybridized carbons (Fsp3) is 0.560. The summed E-state index contributed by atoms with van der Waals surface area (Å²) < 4.78 is 68.4. The molecule has 202 valence electrons. The van der Waals surface area contributed by atoms with E-state index in [9.17, 15) is 31.6 Å². The van der Waals surface area contributed by atoms with E-state index >= 15 is 0 Å². The predicted molar refractivity (Wildman–Crippen MR) is 132 cm³/mol. The molecule has 1 saturated carbocycles. The van der Waals surface area contributed by atoms with E-state index < -0.39 is 28.3 Å². The molecule has 1 aliphatic rings. The van der Waals surface area contributed by atoms with Crippen LogP contribution in [0.4, 0.5) is 13.2 Å². The number of alkyl halides is 3. The summed E-state index contributed by atoms with van der Waals surface area (Å²) >= 11 is 0. The van der Waals surface area contributed by atoms with E-state index in [0.29, 0.717) is 55.6 Å². The van der Waals surface area contributed by atoms with E-state index in [4.69, 9.17) is 4.74 Å². The van der Waals surface area contributed by atoms with Crippen molar-refractivity contribution in [2.45, 2.75) is 63.4 Å². The Morgan fingerprint density at radius 1 is 1.27 bits per heavy atom. The van der Waals surface area contributed by atoms with Crippen LogP contribution >= 0.6 is 0 Å². The number of sulfone groups is 1. The summed E-state index contributed by atoms with van der Waals surface area (Å²) in [6.07, 6.45) is -1.76. The summed E-state index contributed by atoms with van der Waals surface area (Å²) in [6.45, 7) is 2.47. The Morgan fingerprint density at radius 3 is 2.49 bits per heavy atom. The van der Waals surface area contributed by atoms with Gasteiger partial charge >= 0.3 is 6.18 Å². The zero-order valence-corrected chi connectivity index (χ0v) is 21.9. The summed E-state index contributed by atoms with van der Waals surface area (Å²) in [5.41, 5.74) is 1.22. The van der Waals surface area contributed by atoms with Crippen LogP contribution in [-0.2, 0) is 22.8 Å². The molecule has 3 rings (SSSR count). The number of benzene rings is 1. The largest absolute Gasteiger partial charge is 0.496 e. The molecule has 1 heterocycles. The van der Waals surface area contributed by atoms with Crippen molar-refractivity contribution in [3.63, 3.8) is 0 Å². The van der Waals surface area contributed by atoms with Crippen molar-refractivity contribution in [3.05, 3.63) is 35.0 Å². The van der Waals surface area contributed by atoms with Gasteiger partial charge in [0.25, 0.3) is 5.91 Å². The Labute approximate surface area is 214 Å². The molecule has 12 heteroatoms. The minimum absolute atomic E-state index is 0.0430. The van der Waals surface area contributed by atoms with Crippen LogP contribution in [-0.4, -0.2) is 55.4 Å². The second kappa shape index (κ2) is 11.5. The van der Waals surface area contributed by atoms with E-state index in [0.717, 1.165) is 0 Å². The number of halogens is 3. The fourth-order valence-corrected chi connectivity index (χ4v) is 5.82. The van der Waals surface area contributed by atoms with Gasteiger partial charge in [0.1, 0.15) is 27.2 Å². The molecule has 0 radical (unpaired) electrons. The van der Waals surface area contributed by atoms with Gasteiger partial charge in [0.2, 0.25) is 0 Å². The third kappa shape index (κ3) is 7.03. The van der Waals surface area contributed by atoms with Gasteiger partial charge in [-0.3, -0.25) is 9.48 Å².